The lowest BCUT2D eigenvalue weighted by Gasteiger charge is -2.38. The van der Waals surface area contributed by atoms with Gasteiger partial charge in [-0.05, 0) is 40.5 Å². The van der Waals surface area contributed by atoms with Crippen molar-refractivity contribution in [3.63, 3.8) is 0 Å². The molecule has 1 heterocycles. The van der Waals surface area contributed by atoms with Gasteiger partial charge in [0.2, 0.25) is 5.91 Å². The van der Waals surface area contributed by atoms with E-state index in [-0.39, 0.29) is 17.4 Å². The Hall–Kier alpha value is -1.39. The van der Waals surface area contributed by atoms with Crippen LogP contribution in [0.2, 0.25) is 0 Å². The number of aromatic nitrogens is 3. The zero-order valence-corrected chi connectivity index (χ0v) is 11.7. The molecule has 1 N–H and O–H groups in total. The van der Waals surface area contributed by atoms with Crippen molar-refractivity contribution in [3.05, 3.63) is 11.4 Å². The summed E-state index contributed by atoms with van der Waals surface area (Å²) in [5.74, 6) is 0.306. The molecule has 5 heteroatoms. The van der Waals surface area contributed by atoms with Crippen molar-refractivity contribution in [2.75, 3.05) is 6.54 Å². The van der Waals surface area contributed by atoms with Crippen molar-refractivity contribution in [2.24, 2.45) is 5.92 Å². The van der Waals surface area contributed by atoms with Gasteiger partial charge in [-0.1, -0.05) is 0 Å². The number of nitrogens with zero attached hydrogens (tertiary/aromatic N) is 3. The predicted molar refractivity (Wildman–Crippen MR) is 69.0 cm³/mol. The minimum atomic E-state index is -0.115. The molecule has 1 aromatic rings. The van der Waals surface area contributed by atoms with Gasteiger partial charge in [-0.25, -0.2) is 0 Å². The highest BCUT2D eigenvalue weighted by Crippen LogP contribution is 2.26. The highest BCUT2D eigenvalue weighted by Gasteiger charge is 2.33. The first-order valence-electron chi connectivity index (χ1n) is 6.63. The third-order valence-electron chi connectivity index (χ3n) is 3.61. The molecule has 0 spiro atoms. The Morgan fingerprint density at radius 3 is 2.67 bits per heavy atom. The van der Waals surface area contributed by atoms with Crippen LogP contribution in [-0.4, -0.2) is 38.3 Å². The smallest absolute Gasteiger partial charge is 0.226 e. The molecule has 0 radical (unpaired) electrons. The van der Waals surface area contributed by atoms with E-state index < -0.39 is 0 Å². The highest BCUT2D eigenvalue weighted by molar-refractivity contribution is 5.80. The summed E-state index contributed by atoms with van der Waals surface area (Å²) in [7, 11) is 0. The molecule has 0 aliphatic heterocycles. The number of hydrogen-bond donors (Lipinski definition) is 1. The SMILES string of the molecule is CCN(C(=O)C1CCc2n[nH]nc2C1)C(C)(C)C. The maximum Gasteiger partial charge on any atom is 0.226 e. The normalized spacial score (nSPS) is 19.4. The second-order valence-electron chi connectivity index (χ2n) is 5.91. The van der Waals surface area contributed by atoms with Gasteiger partial charge in [0.15, 0.2) is 0 Å². The van der Waals surface area contributed by atoms with E-state index in [0.29, 0.717) is 0 Å². The number of rotatable bonds is 2. The number of amides is 1. The quantitative estimate of drug-likeness (QED) is 0.866. The summed E-state index contributed by atoms with van der Waals surface area (Å²) in [6, 6.07) is 0. The minimum Gasteiger partial charge on any atom is -0.338 e. The van der Waals surface area contributed by atoms with Crippen LogP contribution in [0.15, 0.2) is 0 Å². The van der Waals surface area contributed by atoms with E-state index in [2.05, 4.69) is 36.2 Å². The summed E-state index contributed by atoms with van der Waals surface area (Å²) >= 11 is 0. The van der Waals surface area contributed by atoms with Crippen molar-refractivity contribution >= 4 is 5.91 Å². The molecular weight excluding hydrogens is 228 g/mol. The van der Waals surface area contributed by atoms with Crippen LogP contribution in [0.4, 0.5) is 0 Å². The van der Waals surface area contributed by atoms with E-state index in [4.69, 9.17) is 0 Å². The molecule has 0 bridgehead atoms. The number of carbonyl (C=O) groups excluding carboxylic acids is 1. The molecule has 0 aromatic carbocycles. The molecule has 1 aliphatic carbocycles. The van der Waals surface area contributed by atoms with Crippen molar-refractivity contribution < 1.29 is 4.79 Å². The molecule has 0 saturated carbocycles. The lowest BCUT2D eigenvalue weighted by molar-refractivity contribution is -0.140. The molecule has 18 heavy (non-hydrogen) atoms. The lowest BCUT2D eigenvalue weighted by Crippen LogP contribution is -2.49. The molecule has 0 fully saturated rings. The van der Waals surface area contributed by atoms with Crippen LogP contribution in [0.3, 0.4) is 0 Å². The Balaban J connectivity index is 2.11. The monoisotopic (exact) mass is 250 g/mol. The van der Waals surface area contributed by atoms with E-state index in [1.54, 1.807) is 0 Å². The molecule has 2 rings (SSSR count). The molecule has 1 atom stereocenters. The topological polar surface area (TPSA) is 61.9 Å². The Morgan fingerprint density at radius 1 is 1.39 bits per heavy atom. The predicted octanol–water partition coefficient (Wildman–Crippen LogP) is 1.56. The summed E-state index contributed by atoms with van der Waals surface area (Å²) in [5, 5.41) is 10.9. The van der Waals surface area contributed by atoms with E-state index in [9.17, 15) is 4.79 Å². The second-order valence-corrected chi connectivity index (χ2v) is 5.91. The Kier molecular flexibility index (Phi) is 3.41. The molecule has 1 aliphatic rings. The zero-order valence-electron chi connectivity index (χ0n) is 11.7. The Bertz CT molecular complexity index is 432. The molecule has 1 aromatic heterocycles. The van der Waals surface area contributed by atoms with Gasteiger partial charge in [-0.2, -0.15) is 15.4 Å². The van der Waals surface area contributed by atoms with E-state index in [0.717, 1.165) is 37.2 Å². The number of hydrogen-bond acceptors (Lipinski definition) is 3. The van der Waals surface area contributed by atoms with Crippen molar-refractivity contribution in [1.82, 2.24) is 20.3 Å². The number of fused-ring (bicyclic) bond motifs is 1. The molecule has 1 unspecified atom stereocenters. The summed E-state index contributed by atoms with van der Waals surface area (Å²) in [6.07, 6.45) is 2.45. The average Bonchev–Trinajstić information content (AvgIpc) is 2.74. The van der Waals surface area contributed by atoms with Gasteiger partial charge in [0.1, 0.15) is 0 Å². The Labute approximate surface area is 108 Å². The van der Waals surface area contributed by atoms with E-state index >= 15 is 0 Å². The van der Waals surface area contributed by atoms with Gasteiger partial charge >= 0.3 is 0 Å². The first-order valence-corrected chi connectivity index (χ1v) is 6.63. The Morgan fingerprint density at radius 2 is 2.06 bits per heavy atom. The summed E-state index contributed by atoms with van der Waals surface area (Å²) in [5.41, 5.74) is 1.87. The third-order valence-corrected chi connectivity index (χ3v) is 3.61. The van der Waals surface area contributed by atoms with E-state index in [1.807, 2.05) is 11.8 Å². The van der Waals surface area contributed by atoms with Gasteiger partial charge < -0.3 is 4.90 Å². The van der Waals surface area contributed by atoms with Gasteiger partial charge in [0.05, 0.1) is 11.4 Å². The van der Waals surface area contributed by atoms with Crippen LogP contribution in [0, 0.1) is 5.92 Å². The first kappa shape index (κ1) is 13.1. The number of aromatic amines is 1. The number of H-pyrrole nitrogens is 1. The van der Waals surface area contributed by atoms with Crippen LogP contribution >= 0.6 is 0 Å². The van der Waals surface area contributed by atoms with Crippen LogP contribution in [0.1, 0.15) is 45.5 Å². The molecule has 100 valence electrons. The van der Waals surface area contributed by atoms with Gasteiger partial charge in [-0.3, -0.25) is 4.79 Å². The van der Waals surface area contributed by atoms with Crippen LogP contribution in [-0.2, 0) is 17.6 Å². The third kappa shape index (κ3) is 2.40. The first-order chi connectivity index (χ1) is 8.43. The highest BCUT2D eigenvalue weighted by atomic mass is 16.2. The summed E-state index contributed by atoms with van der Waals surface area (Å²) < 4.78 is 0. The summed E-state index contributed by atoms with van der Waals surface area (Å²) in [4.78, 5) is 14.5. The fourth-order valence-electron chi connectivity index (χ4n) is 2.68. The van der Waals surface area contributed by atoms with Crippen LogP contribution in [0.5, 0.6) is 0 Å². The minimum absolute atomic E-state index is 0.0572. The molecular formula is C13H22N4O. The standard InChI is InChI=1S/C13H22N4O/c1-5-17(13(2,3)4)12(18)9-6-7-10-11(8-9)15-16-14-10/h9H,5-8H2,1-4H3,(H,14,15,16). The van der Waals surface area contributed by atoms with E-state index in [1.165, 1.54) is 0 Å². The average molecular weight is 250 g/mol. The van der Waals surface area contributed by atoms with Crippen molar-refractivity contribution in [2.45, 2.75) is 52.5 Å². The molecule has 0 saturated heterocycles. The number of aryl methyl sites for hydroxylation is 1. The van der Waals surface area contributed by atoms with Gasteiger partial charge in [0, 0.05) is 24.4 Å². The maximum absolute atomic E-state index is 12.6. The fraction of sp³-hybridized carbons (Fsp3) is 0.769. The second kappa shape index (κ2) is 4.71. The largest absolute Gasteiger partial charge is 0.338 e. The number of nitrogens with one attached hydrogen (secondary N) is 1. The summed E-state index contributed by atoms with van der Waals surface area (Å²) in [6.45, 7) is 9.04. The van der Waals surface area contributed by atoms with Crippen LogP contribution in [0.25, 0.3) is 0 Å². The van der Waals surface area contributed by atoms with Crippen LogP contribution < -0.4 is 0 Å². The molecule has 5 nitrogen and oxygen atoms in total. The maximum atomic E-state index is 12.6. The van der Waals surface area contributed by atoms with Crippen molar-refractivity contribution in [3.8, 4) is 0 Å². The van der Waals surface area contributed by atoms with Crippen molar-refractivity contribution in [1.29, 1.82) is 0 Å². The van der Waals surface area contributed by atoms with Gasteiger partial charge in [0.25, 0.3) is 0 Å². The number of carbonyl (C=O) groups is 1. The zero-order chi connectivity index (χ0) is 13.3. The lowest BCUT2D eigenvalue weighted by atomic mass is 9.87. The molecule has 1 amide bonds. The fourth-order valence-corrected chi connectivity index (χ4v) is 2.68. The van der Waals surface area contributed by atoms with Gasteiger partial charge in [-0.15, -0.1) is 0 Å².